The Bertz CT molecular complexity index is 1540. The number of thioether (sulfide) groups is 1. The molecule has 2 amide bonds. The Balaban J connectivity index is 0.00000387. The Labute approximate surface area is 247 Å². The number of nitrogens with two attached hydrogens (primary N) is 2. The second-order valence-corrected chi connectivity index (χ2v) is 10.6. The van der Waals surface area contributed by atoms with E-state index < -0.39 is 29.2 Å². The van der Waals surface area contributed by atoms with Crippen molar-refractivity contribution < 1.29 is 28.9 Å². The van der Waals surface area contributed by atoms with Crippen LogP contribution in [0.15, 0.2) is 41.0 Å². The van der Waals surface area contributed by atoms with Crippen LogP contribution in [0.1, 0.15) is 12.2 Å². The highest BCUT2D eigenvalue weighted by atomic mass is 35.5. The number of aliphatic carboxylic acids is 1. The van der Waals surface area contributed by atoms with Gasteiger partial charge in [-0.1, -0.05) is 14.8 Å². The summed E-state index contributed by atoms with van der Waals surface area (Å²) in [6.07, 6.45) is 4.34. The standard InChI is InChI=1S/C22H25N11O5S2.ClH/c1-38-29-14(17-27-22(24)40-30-17)18(34)26-15-19(35)33-16(21(36)37)11(10-39-20(15)33)9-31-7-8-32-13(31)4-3-12(28-32)25-6-2-5-23;/h3-4,7-8,15,20H,2,5-6,9-10,23H2,1H3,(H4-,24,25,26,27,28,30,34,36,37);1H/b29-14-;/t15-,20-;/m1./s1. The van der Waals surface area contributed by atoms with Crippen LogP contribution in [0.4, 0.5) is 10.9 Å². The molecule has 218 valence electrons. The predicted octanol–water partition coefficient (Wildman–Crippen LogP) is -2.31. The molecule has 0 unspecified atom stereocenters. The van der Waals surface area contributed by atoms with Crippen LogP contribution >= 0.6 is 35.7 Å². The highest BCUT2D eigenvalue weighted by Crippen LogP contribution is 2.40. The van der Waals surface area contributed by atoms with E-state index in [1.54, 1.807) is 16.9 Å². The third-order valence-corrected chi connectivity index (χ3v) is 8.03. The van der Waals surface area contributed by atoms with Crippen molar-refractivity contribution in [3.63, 3.8) is 0 Å². The van der Waals surface area contributed by atoms with Gasteiger partial charge >= 0.3 is 5.65 Å². The minimum absolute atomic E-state index is 0. The first-order valence-corrected chi connectivity index (χ1v) is 13.9. The van der Waals surface area contributed by atoms with Gasteiger partial charge < -0.3 is 36.8 Å². The second-order valence-electron chi connectivity index (χ2n) is 8.70. The van der Waals surface area contributed by atoms with Gasteiger partial charge in [0.05, 0.1) is 11.7 Å². The number of nitrogen functional groups attached to an aromatic ring is 1. The van der Waals surface area contributed by atoms with Gasteiger partial charge in [0.1, 0.15) is 31.3 Å². The molecule has 0 aromatic carbocycles. The van der Waals surface area contributed by atoms with Crippen LogP contribution < -0.4 is 31.8 Å². The van der Waals surface area contributed by atoms with Crippen molar-refractivity contribution in [2.45, 2.75) is 24.4 Å². The van der Waals surface area contributed by atoms with E-state index in [0.717, 1.165) is 28.5 Å². The third kappa shape index (κ3) is 5.90. The van der Waals surface area contributed by atoms with E-state index >= 15 is 0 Å². The van der Waals surface area contributed by atoms with E-state index in [1.807, 2.05) is 16.7 Å². The molecule has 41 heavy (non-hydrogen) atoms. The van der Waals surface area contributed by atoms with Crippen LogP contribution in [0.3, 0.4) is 0 Å². The summed E-state index contributed by atoms with van der Waals surface area (Å²) in [7, 11) is 1.25. The van der Waals surface area contributed by atoms with E-state index in [4.69, 9.17) is 16.3 Å². The minimum Gasteiger partial charge on any atom is -0.543 e. The van der Waals surface area contributed by atoms with Crippen molar-refractivity contribution in [2.75, 3.05) is 37.0 Å². The van der Waals surface area contributed by atoms with Crippen molar-refractivity contribution in [3.05, 3.63) is 41.6 Å². The van der Waals surface area contributed by atoms with Crippen molar-refractivity contribution >= 4 is 75.8 Å². The van der Waals surface area contributed by atoms with Gasteiger partial charge in [-0.25, -0.2) is 4.57 Å². The molecule has 3 aromatic rings. The maximum atomic E-state index is 13.1. The maximum absolute atomic E-state index is 13.1. The number of nitrogens with zero attached hydrogens (tertiary/aromatic N) is 7. The number of halogens is 1. The first-order chi connectivity index (χ1) is 19.3. The number of carbonyl (C=O) groups excluding carboxylic acids is 3. The smallest absolute Gasteiger partial charge is 0.307 e. The quantitative estimate of drug-likeness (QED) is 0.0581. The number of hydrogen-bond donors (Lipinski definition) is 4. The summed E-state index contributed by atoms with van der Waals surface area (Å²) in [6, 6.07) is 2.69. The summed E-state index contributed by atoms with van der Waals surface area (Å²) in [5.74, 6) is -1.90. The zero-order valence-corrected chi connectivity index (χ0v) is 24.0. The summed E-state index contributed by atoms with van der Waals surface area (Å²) in [5, 5.41) is 25.6. The van der Waals surface area contributed by atoms with Gasteiger partial charge in [-0.15, -0.1) is 24.2 Å². The molecule has 0 radical (unpaired) electrons. The normalized spacial score (nSPS) is 18.4. The summed E-state index contributed by atoms with van der Waals surface area (Å²) in [4.78, 5) is 48.0. The van der Waals surface area contributed by atoms with Crippen molar-refractivity contribution in [1.82, 2.24) is 29.2 Å². The third-order valence-electron chi connectivity index (χ3n) is 6.15. The van der Waals surface area contributed by atoms with Gasteiger partial charge in [-0.2, -0.15) is 9.36 Å². The number of oxime groups is 1. The lowest BCUT2D eigenvalue weighted by Gasteiger charge is -2.50. The van der Waals surface area contributed by atoms with Gasteiger partial charge in [-0.3, -0.25) is 14.5 Å². The van der Waals surface area contributed by atoms with Crippen LogP contribution in [-0.4, -0.2) is 84.7 Å². The largest absolute Gasteiger partial charge is 0.543 e. The summed E-state index contributed by atoms with van der Waals surface area (Å²) < 4.78 is 7.46. The number of rotatable bonds is 11. The van der Waals surface area contributed by atoms with Crippen LogP contribution in [0, 0.1) is 0 Å². The summed E-state index contributed by atoms with van der Waals surface area (Å²) in [6.45, 7) is 1.46. The van der Waals surface area contributed by atoms with Gasteiger partial charge in [0, 0.05) is 35.5 Å². The van der Waals surface area contributed by atoms with Crippen LogP contribution in [0.2, 0.25) is 0 Å². The topological polar surface area (TPSA) is 222 Å². The molecule has 0 spiro atoms. The number of imidazole rings is 1. The number of carbonyl (C=O) groups is 3. The number of carboxylic acids is 1. The molecule has 0 bridgehead atoms. The highest BCUT2D eigenvalue weighted by Gasteiger charge is 2.53. The monoisotopic (exact) mass is 623 g/mol. The molecule has 5 heterocycles. The van der Waals surface area contributed by atoms with Crippen LogP contribution in [-0.2, 0) is 25.8 Å². The summed E-state index contributed by atoms with van der Waals surface area (Å²) >= 11 is 2.20. The fourth-order valence-electron chi connectivity index (χ4n) is 4.35. The minimum atomic E-state index is -1.48. The molecule has 1 saturated heterocycles. The van der Waals surface area contributed by atoms with Crippen molar-refractivity contribution in [3.8, 4) is 0 Å². The Morgan fingerprint density at radius 1 is 1.37 bits per heavy atom. The molecular formula is C22H26ClN11O5S2. The average Bonchev–Trinajstić information content (AvgIpc) is 3.55. The number of fused-ring (bicyclic) bond motifs is 2. The zero-order chi connectivity index (χ0) is 28.4. The van der Waals surface area contributed by atoms with Crippen molar-refractivity contribution in [2.24, 2.45) is 10.9 Å². The van der Waals surface area contributed by atoms with E-state index in [2.05, 4.69) is 30.2 Å². The Kier molecular flexibility index (Phi) is 9.26. The lowest BCUT2D eigenvalue weighted by molar-refractivity contribution is -0.662. The number of carboxylic acid groups (broad SMARTS) is 1. The molecule has 19 heteroatoms. The number of nitrogens with one attached hydrogen (secondary N) is 2. The lowest BCUT2D eigenvalue weighted by Crippen LogP contribution is -2.71. The SMILES string of the molecule is CO/N=C(\C(=O)N[C@@H]1C(=O)N2C(C(=O)[O-])=C(C[n+]3ccn4nc(NCCCN)ccc43)CS[C@H]12)c1nsc(N)n1.Cl. The molecule has 2 aliphatic rings. The first-order valence-electron chi connectivity index (χ1n) is 12.0. The molecular weight excluding hydrogens is 598 g/mol. The predicted molar refractivity (Wildman–Crippen MR) is 150 cm³/mol. The van der Waals surface area contributed by atoms with Gasteiger partial charge in [-0.05, 0) is 19.0 Å². The molecule has 6 N–H and O–H groups in total. The lowest BCUT2D eigenvalue weighted by atomic mass is 10.0. The fourth-order valence-corrected chi connectivity index (χ4v) is 6.12. The van der Waals surface area contributed by atoms with E-state index in [0.29, 0.717) is 30.2 Å². The molecule has 3 aromatic heterocycles. The van der Waals surface area contributed by atoms with Crippen LogP contribution in [0.25, 0.3) is 5.65 Å². The van der Waals surface area contributed by atoms with Crippen molar-refractivity contribution in [1.29, 1.82) is 0 Å². The molecule has 16 nitrogen and oxygen atoms in total. The molecule has 5 rings (SSSR count). The molecule has 2 atom stereocenters. The first kappa shape index (κ1) is 30.0. The van der Waals surface area contributed by atoms with Crippen LogP contribution in [0.5, 0.6) is 0 Å². The number of anilines is 2. The number of aromatic nitrogens is 5. The van der Waals surface area contributed by atoms with E-state index in [1.165, 1.54) is 18.9 Å². The van der Waals surface area contributed by atoms with Gasteiger partial charge in [0.25, 0.3) is 11.8 Å². The average molecular weight is 624 g/mol. The summed E-state index contributed by atoms with van der Waals surface area (Å²) in [5.41, 5.74) is 11.9. The molecule has 2 aliphatic heterocycles. The fraction of sp³-hybridized carbons (Fsp3) is 0.364. The number of amides is 2. The van der Waals surface area contributed by atoms with E-state index in [9.17, 15) is 19.5 Å². The highest BCUT2D eigenvalue weighted by molar-refractivity contribution is 8.00. The Hall–Kier alpha value is -4.00. The van der Waals surface area contributed by atoms with Gasteiger partial charge in [0.2, 0.25) is 11.5 Å². The molecule has 1 fully saturated rings. The number of β-lactam (4-membered cyclic amide) rings is 1. The zero-order valence-electron chi connectivity index (χ0n) is 21.6. The second kappa shape index (κ2) is 12.7. The maximum Gasteiger partial charge on any atom is 0.307 e. The number of hydrogen-bond acceptors (Lipinski definition) is 14. The molecule has 0 saturated carbocycles. The van der Waals surface area contributed by atoms with Gasteiger partial charge in [0.15, 0.2) is 17.1 Å². The Morgan fingerprint density at radius 2 is 2.17 bits per heavy atom. The molecule has 0 aliphatic carbocycles. The van der Waals surface area contributed by atoms with E-state index in [-0.39, 0.29) is 41.3 Å². The Morgan fingerprint density at radius 3 is 2.85 bits per heavy atom.